The summed E-state index contributed by atoms with van der Waals surface area (Å²) in [6.07, 6.45) is 4.92. The second kappa shape index (κ2) is 24.9. The predicted octanol–water partition coefficient (Wildman–Crippen LogP) is 8.40. The number of hydrogen-bond donors (Lipinski definition) is 6. The van der Waals surface area contributed by atoms with Gasteiger partial charge in [0.25, 0.3) is 0 Å². The van der Waals surface area contributed by atoms with E-state index < -0.39 is 28.0 Å². The van der Waals surface area contributed by atoms with Crippen LogP contribution in [0.2, 0.25) is 0 Å². The molecular formula is C56H68O12. The summed E-state index contributed by atoms with van der Waals surface area (Å²) in [5.74, 6) is -0.726. The van der Waals surface area contributed by atoms with Gasteiger partial charge in [-0.2, -0.15) is 0 Å². The van der Waals surface area contributed by atoms with Crippen LogP contribution in [-0.2, 0) is 6.42 Å². The first-order valence-corrected chi connectivity index (χ1v) is 22.6. The summed E-state index contributed by atoms with van der Waals surface area (Å²) >= 11 is 0. The Morgan fingerprint density at radius 2 is 0.765 bits per heavy atom. The van der Waals surface area contributed by atoms with Crippen LogP contribution in [0.3, 0.4) is 0 Å². The second-order valence-electron chi connectivity index (χ2n) is 18.9. The van der Waals surface area contributed by atoms with E-state index in [1.54, 1.807) is 84.9 Å². The molecule has 1 aliphatic rings. The van der Waals surface area contributed by atoms with Crippen molar-refractivity contribution >= 4 is 28.9 Å². The molecule has 0 aromatic heterocycles. The molecule has 68 heavy (non-hydrogen) atoms. The lowest BCUT2D eigenvalue weighted by atomic mass is 9.79. The third-order valence-electron chi connectivity index (χ3n) is 10.7. The molecule has 0 spiro atoms. The van der Waals surface area contributed by atoms with Crippen LogP contribution < -0.4 is 4.74 Å². The Morgan fingerprint density at radius 3 is 1.09 bits per heavy atom. The van der Waals surface area contributed by atoms with Crippen LogP contribution in [0.1, 0.15) is 150 Å². The fraction of sp³-hybridized carbons (Fsp3) is 0.375. The van der Waals surface area contributed by atoms with E-state index in [1.807, 2.05) is 48.5 Å². The van der Waals surface area contributed by atoms with E-state index in [0.29, 0.717) is 52.8 Å². The summed E-state index contributed by atoms with van der Waals surface area (Å²) in [5.41, 5.74) is -1.91. The molecule has 6 rings (SSSR count). The van der Waals surface area contributed by atoms with E-state index in [4.69, 9.17) is 9.84 Å². The molecule has 0 atom stereocenters. The van der Waals surface area contributed by atoms with Gasteiger partial charge < -0.3 is 35.4 Å². The Hall–Kier alpha value is -5.99. The van der Waals surface area contributed by atoms with Crippen LogP contribution in [0, 0.1) is 0 Å². The van der Waals surface area contributed by atoms with Crippen molar-refractivity contribution in [1.82, 2.24) is 0 Å². The van der Waals surface area contributed by atoms with Gasteiger partial charge in [0.1, 0.15) is 40.4 Å². The largest absolute Gasteiger partial charge is 0.491 e. The van der Waals surface area contributed by atoms with Crippen molar-refractivity contribution in [2.45, 2.75) is 122 Å². The van der Waals surface area contributed by atoms with E-state index in [-0.39, 0.29) is 42.1 Å². The van der Waals surface area contributed by atoms with E-state index in [1.165, 1.54) is 55.4 Å². The molecule has 6 N–H and O–H groups in total. The zero-order chi connectivity index (χ0) is 50.9. The minimum Gasteiger partial charge on any atom is -0.491 e. The monoisotopic (exact) mass is 932 g/mol. The minimum absolute atomic E-state index is 0.0512. The van der Waals surface area contributed by atoms with Gasteiger partial charge in [-0.15, -0.1) is 0 Å². The number of carbonyl (C=O) groups excluding carboxylic acids is 5. The van der Waals surface area contributed by atoms with Crippen LogP contribution >= 0.6 is 0 Å². The first-order chi connectivity index (χ1) is 31.7. The number of carbonyl (C=O) groups is 5. The van der Waals surface area contributed by atoms with Crippen molar-refractivity contribution in [3.63, 3.8) is 0 Å². The average molecular weight is 933 g/mol. The van der Waals surface area contributed by atoms with Crippen molar-refractivity contribution < 1.29 is 59.3 Å². The summed E-state index contributed by atoms with van der Waals surface area (Å²) in [5, 5.41) is 57.3. The Labute approximate surface area is 400 Å². The fourth-order valence-electron chi connectivity index (χ4n) is 6.87. The lowest BCUT2D eigenvalue weighted by Gasteiger charge is -2.30. The molecule has 0 aliphatic heterocycles. The van der Waals surface area contributed by atoms with Crippen molar-refractivity contribution in [3.05, 3.63) is 172 Å². The molecular weight excluding hydrogens is 865 g/mol. The van der Waals surface area contributed by atoms with Gasteiger partial charge in [0, 0.05) is 27.8 Å². The number of aliphatic hydroxyl groups is 6. The number of benzene rings is 5. The number of rotatable bonds is 15. The summed E-state index contributed by atoms with van der Waals surface area (Å²) in [4.78, 5) is 59.2. The molecule has 0 unspecified atom stereocenters. The number of aliphatic hydroxyl groups excluding tert-OH is 1. The normalized spacial score (nSPS) is 13.4. The van der Waals surface area contributed by atoms with Crippen LogP contribution in [0.15, 0.2) is 133 Å². The molecule has 0 radical (unpaired) electrons. The molecule has 1 fully saturated rings. The molecule has 0 saturated heterocycles. The quantitative estimate of drug-likeness (QED) is 0.0546. The van der Waals surface area contributed by atoms with Crippen LogP contribution in [0.25, 0.3) is 0 Å². The zero-order valence-corrected chi connectivity index (χ0v) is 40.5. The van der Waals surface area contributed by atoms with Gasteiger partial charge in [0.15, 0.2) is 28.9 Å². The smallest absolute Gasteiger partial charge is 0.194 e. The predicted molar refractivity (Wildman–Crippen MR) is 262 cm³/mol. The summed E-state index contributed by atoms with van der Waals surface area (Å²) in [6.45, 7) is 11.9. The second-order valence-corrected chi connectivity index (χ2v) is 18.9. The van der Waals surface area contributed by atoms with Gasteiger partial charge in [0.2, 0.25) is 0 Å². The van der Waals surface area contributed by atoms with Gasteiger partial charge in [0.05, 0.1) is 6.61 Å². The van der Waals surface area contributed by atoms with Crippen LogP contribution in [0.5, 0.6) is 5.75 Å². The molecule has 0 heterocycles. The Balaban J connectivity index is 0.000000250. The number of Topliss-reactive ketones (excluding diaryl/α,β-unsaturated/α-hetero) is 5. The van der Waals surface area contributed by atoms with Crippen molar-refractivity contribution in [2.75, 3.05) is 13.2 Å². The third kappa shape index (κ3) is 17.9. The zero-order valence-electron chi connectivity index (χ0n) is 40.5. The van der Waals surface area contributed by atoms with E-state index >= 15 is 0 Å². The number of ether oxygens (including phenoxy) is 1. The highest BCUT2D eigenvalue weighted by atomic mass is 16.5. The van der Waals surface area contributed by atoms with Crippen LogP contribution in [-0.4, -0.2) is 101 Å². The Bertz CT molecular complexity index is 2310. The standard InChI is InChI=1S/C21H24O4.C13H16O2.C12H16O4.C10H12O2/c1-20(2,24)18(22)16-9-5-14(6-10-16)13-15-7-11-17(12-8-15)19(23)21(3,4)25;14-12(11-7-3-1-4-8-11)13(15)9-5-2-6-10-13;1-12(2,15)11(14)9-3-5-10(6-4-9)16-8-7-13;1-10(2,12)9(11)8-6-4-3-5-7-8/h5-12,24-25H,13H2,1-4H3;1,3-4,7-8,15H,2,5-6,9-10H2;3-6,13,15H,7-8H2,1-2H3;3-7,12H,1-2H3. The van der Waals surface area contributed by atoms with Crippen molar-refractivity contribution in [2.24, 2.45) is 0 Å². The van der Waals surface area contributed by atoms with E-state index in [0.717, 1.165) is 30.4 Å². The van der Waals surface area contributed by atoms with Gasteiger partial charge in [-0.05, 0) is 110 Å². The molecule has 364 valence electrons. The van der Waals surface area contributed by atoms with Crippen molar-refractivity contribution in [1.29, 1.82) is 0 Å². The first-order valence-electron chi connectivity index (χ1n) is 22.6. The summed E-state index contributed by atoms with van der Waals surface area (Å²) in [7, 11) is 0. The number of hydrogen-bond acceptors (Lipinski definition) is 12. The Kier molecular flexibility index (Phi) is 20.6. The van der Waals surface area contributed by atoms with Crippen LogP contribution in [0.4, 0.5) is 0 Å². The maximum Gasteiger partial charge on any atom is 0.194 e. The van der Waals surface area contributed by atoms with Gasteiger partial charge in [-0.1, -0.05) is 128 Å². The molecule has 1 saturated carbocycles. The topological polar surface area (TPSA) is 216 Å². The van der Waals surface area contributed by atoms with Gasteiger partial charge in [-0.25, -0.2) is 0 Å². The highest BCUT2D eigenvalue weighted by molar-refractivity contribution is 6.04. The first kappa shape index (κ1) is 56.3. The molecule has 12 nitrogen and oxygen atoms in total. The molecule has 5 aromatic rings. The maximum atomic E-state index is 12.1. The van der Waals surface area contributed by atoms with Crippen molar-refractivity contribution in [3.8, 4) is 5.75 Å². The van der Waals surface area contributed by atoms with E-state index in [2.05, 4.69) is 0 Å². The highest BCUT2D eigenvalue weighted by Crippen LogP contribution is 2.31. The molecule has 1 aliphatic carbocycles. The minimum atomic E-state index is -1.38. The summed E-state index contributed by atoms with van der Waals surface area (Å²) < 4.78 is 5.15. The molecule has 12 heteroatoms. The molecule has 0 bridgehead atoms. The third-order valence-corrected chi connectivity index (χ3v) is 10.7. The fourth-order valence-corrected chi connectivity index (χ4v) is 6.87. The maximum absolute atomic E-state index is 12.1. The SMILES string of the molecule is CC(C)(O)C(=O)c1ccc(Cc2ccc(C(=O)C(C)(C)O)cc2)cc1.CC(C)(O)C(=O)c1ccc(OCCO)cc1.CC(C)(O)C(=O)c1ccccc1.O=C(c1ccccc1)C1(O)CCCCC1. The summed E-state index contributed by atoms with van der Waals surface area (Å²) in [6, 6.07) is 38.6. The molecule has 5 aromatic carbocycles. The van der Waals surface area contributed by atoms with E-state index in [9.17, 15) is 49.5 Å². The molecule has 0 amide bonds. The highest BCUT2D eigenvalue weighted by Gasteiger charge is 2.37. The van der Waals surface area contributed by atoms with Gasteiger partial charge in [-0.3, -0.25) is 24.0 Å². The van der Waals surface area contributed by atoms with Gasteiger partial charge >= 0.3 is 0 Å². The lowest BCUT2D eigenvalue weighted by Crippen LogP contribution is -2.40. The average Bonchev–Trinajstić information content (AvgIpc) is 3.30. The lowest BCUT2D eigenvalue weighted by molar-refractivity contribution is 0.0116. The number of ketones is 5. The Morgan fingerprint density at radius 1 is 0.456 bits per heavy atom.